The summed E-state index contributed by atoms with van der Waals surface area (Å²) in [5.74, 6) is 2.80. The van der Waals surface area contributed by atoms with E-state index in [1.807, 2.05) is 0 Å². The number of nitrogens with zero attached hydrogens (tertiary/aromatic N) is 2. The Kier molecular flexibility index (Phi) is 4.43. The average Bonchev–Trinajstić information content (AvgIpc) is 2.12. The molecule has 3 heteroatoms. The van der Waals surface area contributed by atoms with E-state index in [0.717, 1.165) is 37.4 Å². The van der Waals surface area contributed by atoms with Crippen molar-refractivity contribution in [2.24, 2.45) is 28.5 Å². The first kappa shape index (κ1) is 12.3. The van der Waals surface area contributed by atoms with Gasteiger partial charge in [-0.15, -0.1) is 0 Å². The number of rotatable bonds is 2. The fraction of sp³-hybridized carbons (Fsp3) is 0.917. The van der Waals surface area contributed by atoms with Gasteiger partial charge in [-0.1, -0.05) is 27.7 Å². The van der Waals surface area contributed by atoms with Gasteiger partial charge in [0.25, 0.3) is 0 Å². The van der Waals surface area contributed by atoms with Crippen molar-refractivity contribution >= 4 is 5.96 Å². The molecule has 2 N–H and O–H groups in total. The van der Waals surface area contributed by atoms with Crippen LogP contribution < -0.4 is 5.73 Å². The number of nitrogens with two attached hydrogens (primary N) is 1. The minimum atomic E-state index is 0.586. The Morgan fingerprint density at radius 1 is 1.33 bits per heavy atom. The summed E-state index contributed by atoms with van der Waals surface area (Å²) in [6, 6.07) is 0. The average molecular weight is 211 g/mol. The molecule has 0 spiro atoms. The molecule has 3 nitrogen and oxygen atoms in total. The quantitative estimate of drug-likeness (QED) is 0.560. The zero-order chi connectivity index (χ0) is 11.4. The first-order valence-corrected chi connectivity index (χ1v) is 6.04. The molecule has 1 heterocycles. The van der Waals surface area contributed by atoms with E-state index >= 15 is 0 Å². The van der Waals surface area contributed by atoms with E-state index in [1.54, 1.807) is 0 Å². The van der Waals surface area contributed by atoms with Crippen molar-refractivity contribution in [3.05, 3.63) is 0 Å². The molecule has 0 aromatic carbocycles. The summed E-state index contributed by atoms with van der Waals surface area (Å²) in [5.41, 5.74) is 6.00. The first-order chi connectivity index (χ1) is 6.99. The lowest BCUT2D eigenvalue weighted by molar-refractivity contribution is 0.211. The SMILES string of the molecule is CC(C)CN=C(N)N1CC(C)CC(C)C1. The van der Waals surface area contributed by atoms with Crippen LogP contribution in [0.3, 0.4) is 0 Å². The van der Waals surface area contributed by atoms with Crippen LogP contribution in [0.5, 0.6) is 0 Å². The highest BCUT2D eigenvalue weighted by Gasteiger charge is 2.22. The summed E-state index contributed by atoms with van der Waals surface area (Å²) in [4.78, 5) is 6.67. The zero-order valence-electron chi connectivity index (χ0n) is 10.5. The van der Waals surface area contributed by atoms with Gasteiger partial charge in [-0.2, -0.15) is 0 Å². The Bertz CT molecular complexity index is 213. The molecule has 15 heavy (non-hydrogen) atoms. The lowest BCUT2D eigenvalue weighted by atomic mass is 9.92. The number of piperidine rings is 1. The van der Waals surface area contributed by atoms with Gasteiger partial charge in [0.1, 0.15) is 0 Å². The van der Waals surface area contributed by atoms with Gasteiger partial charge < -0.3 is 10.6 Å². The monoisotopic (exact) mass is 211 g/mol. The van der Waals surface area contributed by atoms with Crippen molar-refractivity contribution in [1.29, 1.82) is 0 Å². The number of aliphatic imine (C=N–C) groups is 1. The third-order valence-electron chi connectivity index (χ3n) is 2.81. The molecule has 1 fully saturated rings. The molecule has 0 aliphatic carbocycles. The van der Waals surface area contributed by atoms with E-state index in [1.165, 1.54) is 6.42 Å². The fourth-order valence-corrected chi connectivity index (χ4v) is 2.23. The Morgan fingerprint density at radius 2 is 1.87 bits per heavy atom. The molecule has 1 aliphatic heterocycles. The van der Waals surface area contributed by atoms with Crippen molar-refractivity contribution in [3.63, 3.8) is 0 Å². The van der Waals surface area contributed by atoms with Crippen LogP contribution in [0, 0.1) is 17.8 Å². The van der Waals surface area contributed by atoms with Crippen LogP contribution in [0.4, 0.5) is 0 Å². The lowest BCUT2D eigenvalue weighted by Crippen LogP contribution is -2.46. The van der Waals surface area contributed by atoms with Crippen molar-refractivity contribution in [1.82, 2.24) is 4.90 Å². The Hall–Kier alpha value is -0.730. The third-order valence-corrected chi connectivity index (χ3v) is 2.81. The maximum atomic E-state index is 6.00. The molecule has 2 atom stereocenters. The largest absolute Gasteiger partial charge is 0.370 e. The van der Waals surface area contributed by atoms with Gasteiger partial charge in [0, 0.05) is 19.6 Å². The molecule has 0 saturated carbocycles. The minimum absolute atomic E-state index is 0.586. The van der Waals surface area contributed by atoms with E-state index in [9.17, 15) is 0 Å². The highest BCUT2D eigenvalue weighted by Crippen LogP contribution is 2.20. The molecule has 0 amide bonds. The summed E-state index contributed by atoms with van der Waals surface area (Å²) in [6.07, 6.45) is 1.31. The van der Waals surface area contributed by atoms with Gasteiger partial charge in [-0.25, -0.2) is 0 Å². The van der Waals surface area contributed by atoms with E-state index in [2.05, 4.69) is 37.6 Å². The number of hydrogen-bond donors (Lipinski definition) is 1. The summed E-state index contributed by atoms with van der Waals surface area (Å²) >= 11 is 0. The van der Waals surface area contributed by atoms with Crippen LogP contribution >= 0.6 is 0 Å². The van der Waals surface area contributed by atoms with Gasteiger partial charge in [-0.3, -0.25) is 4.99 Å². The summed E-state index contributed by atoms with van der Waals surface area (Å²) in [5, 5.41) is 0. The van der Waals surface area contributed by atoms with Gasteiger partial charge >= 0.3 is 0 Å². The second kappa shape index (κ2) is 5.38. The number of likely N-dealkylation sites (tertiary alicyclic amines) is 1. The topological polar surface area (TPSA) is 41.6 Å². The predicted octanol–water partition coefficient (Wildman–Crippen LogP) is 1.93. The van der Waals surface area contributed by atoms with E-state index in [4.69, 9.17) is 5.73 Å². The van der Waals surface area contributed by atoms with Gasteiger partial charge in [-0.05, 0) is 24.2 Å². The second-order valence-electron chi connectivity index (χ2n) is 5.44. The van der Waals surface area contributed by atoms with E-state index in [-0.39, 0.29) is 0 Å². The van der Waals surface area contributed by atoms with E-state index < -0.39 is 0 Å². The van der Waals surface area contributed by atoms with Crippen molar-refractivity contribution in [3.8, 4) is 0 Å². The molecule has 88 valence electrons. The van der Waals surface area contributed by atoms with E-state index in [0.29, 0.717) is 5.92 Å². The minimum Gasteiger partial charge on any atom is -0.370 e. The Balaban J connectivity index is 2.51. The first-order valence-electron chi connectivity index (χ1n) is 6.04. The fourth-order valence-electron chi connectivity index (χ4n) is 2.23. The maximum absolute atomic E-state index is 6.00. The van der Waals surface area contributed by atoms with Crippen molar-refractivity contribution in [2.75, 3.05) is 19.6 Å². The summed E-state index contributed by atoms with van der Waals surface area (Å²) in [6.45, 7) is 11.9. The predicted molar refractivity (Wildman–Crippen MR) is 65.8 cm³/mol. The van der Waals surface area contributed by atoms with Crippen molar-refractivity contribution in [2.45, 2.75) is 34.1 Å². The number of guanidine groups is 1. The summed E-state index contributed by atoms with van der Waals surface area (Å²) in [7, 11) is 0. The zero-order valence-corrected chi connectivity index (χ0v) is 10.5. The molecule has 0 radical (unpaired) electrons. The highest BCUT2D eigenvalue weighted by atomic mass is 15.3. The molecule has 1 aliphatic rings. The van der Waals surface area contributed by atoms with Gasteiger partial charge in [0.15, 0.2) is 5.96 Å². The highest BCUT2D eigenvalue weighted by molar-refractivity contribution is 5.78. The smallest absolute Gasteiger partial charge is 0.191 e. The van der Waals surface area contributed by atoms with Gasteiger partial charge in [0.05, 0.1) is 0 Å². The van der Waals surface area contributed by atoms with Crippen LogP contribution in [-0.4, -0.2) is 30.5 Å². The maximum Gasteiger partial charge on any atom is 0.191 e. The number of hydrogen-bond acceptors (Lipinski definition) is 1. The normalized spacial score (nSPS) is 28.6. The molecular formula is C12H25N3. The second-order valence-corrected chi connectivity index (χ2v) is 5.44. The molecule has 2 unspecified atom stereocenters. The molecule has 1 saturated heterocycles. The molecular weight excluding hydrogens is 186 g/mol. The van der Waals surface area contributed by atoms with Crippen molar-refractivity contribution < 1.29 is 0 Å². The van der Waals surface area contributed by atoms with Crippen LogP contribution in [0.1, 0.15) is 34.1 Å². The Labute approximate surface area is 93.7 Å². The summed E-state index contributed by atoms with van der Waals surface area (Å²) < 4.78 is 0. The third kappa shape index (κ3) is 4.10. The van der Waals surface area contributed by atoms with Crippen LogP contribution in [0.25, 0.3) is 0 Å². The lowest BCUT2D eigenvalue weighted by Gasteiger charge is -2.35. The standard InChI is InChI=1S/C12H25N3/c1-9(2)6-14-12(13)15-7-10(3)5-11(4)8-15/h9-11H,5-8H2,1-4H3,(H2,13,14). The molecule has 0 bridgehead atoms. The molecule has 0 aromatic rings. The van der Waals surface area contributed by atoms with Crippen LogP contribution in [0.15, 0.2) is 4.99 Å². The van der Waals surface area contributed by atoms with Gasteiger partial charge in [0.2, 0.25) is 0 Å². The Morgan fingerprint density at radius 3 is 2.33 bits per heavy atom. The molecule has 0 aromatic heterocycles. The van der Waals surface area contributed by atoms with Crippen LogP contribution in [-0.2, 0) is 0 Å². The van der Waals surface area contributed by atoms with Crippen LogP contribution in [0.2, 0.25) is 0 Å². The molecule has 1 rings (SSSR count).